The van der Waals surface area contributed by atoms with Crippen LogP contribution in [0, 0.1) is 10.7 Å². The molecule has 1 aliphatic rings. The van der Waals surface area contributed by atoms with Gasteiger partial charge in [0.05, 0.1) is 18.3 Å². The van der Waals surface area contributed by atoms with Gasteiger partial charge in [0.25, 0.3) is 5.91 Å². The monoisotopic (exact) mass is 470 g/mol. The van der Waals surface area contributed by atoms with Crippen LogP contribution in [0.1, 0.15) is 57.9 Å². The average Bonchev–Trinajstić information content (AvgIpc) is 3.47. The molecular weight excluding hydrogens is 449 g/mol. The molecule has 1 saturated carbocycles. The van der Waals surface area contributed by atoms with E-state index in [0.717, 1.165) is 37.4 Å². The molecule has 2 amide bonds. The number of rotatable bonds is 7. The minimum atomic E-state index is -0.686. The highest BCUT2D eigenvalue weighted by Crippen LogP contribution is 2.38. The second kappa shape index (κ2) is 9.45. The molecule has 33 heavy (non-hydrogen) atoms. The maximum atomic E-state index is 15.0. The number of nitrogens with one attached hydrogen (secondary N) is 2. The lowest BCUT2D eigenvalue weighted by atomic mass is 9.92. The Morgan fingerprint density at radius 1 is 1.24 bits per heavy atom. The van der Waals surface area contributed by atoms with Gasteiger partial charge >= 0.3 is 5.16 Å². The molecule has 12 heteroatoms. The number of aromatic nitrogens is 4. The first-order valence-electron chi connectivity index (χ1n) is 10.2. The molecule has 3 aromatic rings. The molecule has 0 bridgehead atoms. The standard InChI is InChI=1S/C21H20FN7O3S/c1-29-21(25-27-28-29)33-18-7-6-12(26-32)8-15(18)20(31)24-17-10-14(19(23)30)13(9-16(17)22)11-4-2-3-5-11/h6-11H,2-5H2,1H3,(H3,23,24,30,31)/p+1. The normalized spacial score (nSPS) is 13.8. The molecule has 4 rings (SSSR count). The Morgan fingerprint density at radius 3 is 2.64 bits per heavy atom. The van der Waals surface area contributed by atoms with Gasteiger partial charge in [-0.25, -0.2) is 4.39 Å². The fraction of sp³-hybridized carbons (Fsp3) is 0.286. The van der Waals surface area contributed by atoms with Crippen LogP contribution in [0.15, 0.2) is 45.6 Å². The largest absolute Gasteiger partial charge is 0.366 e. The van der Waals surface area contributed by atoms with Crippen molar-refractivity contribution in [3.05, 3.63) is 57.7 Å². The van der Waals surface area contributed by atoms with E-state index in [2.05, 4.69) is 26.0 Å². The van der Waals surface area contributed by atoms with Crippen LogP contribution in [0.25, 0.3) is 0 Å². The Labute approximate surface area is 192 Å². The van der Waals surface area contributed by atoms with Crippen LogP contribution in [0.3, 0.4) is 0 Å². The lowest BCUT2D eigenvalue weighted by molar-refractivity contribution is -0.765. The zero-order valence-electron chi connectivity index (χ0n) is 17.7. The number of aryl methyl sites for hydroxylation is 1. The van der Waals surface area contributed by atoms with E-state index in [-0.39, 0.29) is 28.4 Å². The van der Waals surface area contributed by atoms with E-state index in [1.807, 2.05) is 0 Å². The van der Waals surface area contributed by atoms with Crippen LogP contribution in [-0.4, -0.2) is 27.3 Å². The summed E-state index contributed by atoms with van der Waals surface area (Å²) in [7, 11) is 1.69. The summed E-state index contributed by atoms with van der Waals surface area (Å²) >= 11 is 1.12. The van der Waals surface area contributed by atoms with Gasteiger partial charge in [-0.05, 0) is 71.6 Å². The van der Waals surface area contributed by atoms with Crippen LogP contribution in [0.5, 0.6) is 0 Å². The van der Waals surface area contributed by atoms with Crippen LogP contribution in [-0.2, 0) is 7.05 Å². The number of primary amides is 1. The van der Waals surface area contributed by atoms with Crippen molar-refractivity contribution >= 4 is 35.0 Å². The van der Waals surface area contributed by atoms with Gasteiger partial charge in [0.1, 0.15) is 16.6 Å². The van der Waals surface area contributed by atoms with E-state index < -0.39 is 17.6 Å². The number of benzene rings is 2. The van der Waals surface area contributed by atoms with Crippen molar-refractivity contribution in [3.8, 4) is 0 Å². The molecule has 4 N–H and O–H groups in total. The van der Waals surface area contributed by atoms with Crippen molar-refractivity contribution in [2.45, 2.75) is 41.7 Å². The summed E-state index contributed by atoms with van der Waals surface area (Å²) in [6.07, 6.45) is 3.73. The highest BCUT2D eigenvalue weighted by Gasteiger charge is 2.25. The number of tetrazole rings is 1. The predicted octanol–water partition coefficient (Wildman–Crippen LogP) is 3.33. The smallest absolute Gasteiger partial charge is 0.364 e. The Kier molecular flexibility index (Phi) is 6.45. The molecule has 1 aromatic heterocycles. The second-order valence-corrected chi connectivity index (χ2v) is 8.74. The first-order chi connectivity index (χ1) is 15.9. The molecule has 0 unspecified atom stereocenters. The van der Waals surface area contributed by atoms with Crippen molar-refractivity contribution in [2.75, 3.05) is 5.32 Å². The summed E-state index contributed by atoms with van der Waals surface area (Å²) < 4.78 is 16.5. The minimum absolute atomic E-state index is 0.0314. The van der Waals surface area contributed by atoms with Crippen molar-refractivity contribution < 1.29 is 18.7 Å². The van der Waals surface area contributed by atoms with E-state index in [0.29, 0.717) is 15.6 Å². The van der Waals surface area contributed by atoms with Gasteiger partial charge < -0.3 is 11.1 Å². The third kappa shape index (κ3) is 4.75. The Morgan fingerprint density at radius 2 is 2.00 bits per heavy atom. The van der Waals surface area contributed by atoms with Gasteiger partial charge in [0.15, 0.2) is 5.21 Å². The summed E-state index contributed by atoms with van der Waals surface area (Å²) in [5.74, 6) is -1.98. The van der Waals surface area contributed by atoms with E-state index in [4.69, 9.17) is 5.73 Å². The van der Waals surface area contributed by atoms with Gasteiger partial charge in [-0.15, -0.1) is 4.91 Å². The van der Waals surface area contributed by atoms with Crippen LogP contribution < -0.4 is 15.7 Å². The van der Waals surface area contributed by atoms with Crippen molar-refractivity contribution in [1.29, 1.82) is 0 Å². The Balaban J connectivity index is 1.68. The molecule has 1 aliphatic carbocycles. The summed E-state index contributed by atoms with van der Waals surface area (Å²) in [6, 6.07) is 6.84. The number of nitroso groups, excluding NO2 is 1. The molecule has 0 saturated heterocycles. The molecule has 0 atom stereocenters. The predicted molar refractivity (Wildman–Crippen MR) is 118 cm³/mol. The maximum absolute atomic E-state index is 15.0. The van der Waals surface area contributed by atoms with Gasteiger partial charge in [-0.1, -0.05) is 18.1 Å². The fourth-order valence-electron chi connectivity index (χ4n) is 3.93. The van der Waals surface area contributed by atoms with E-state index in [9.17, 15) is 18.9 Å². The molecular formula is C21H21FN7O3S+. The van der Waals surface area contributed by atoms with Crippen LogP contribution in [0.2, 0.25) is 0 Å². The highest BCUT2D eigenvalue weighted by atomic mass is 32.2. The summed E-state index contributed by atoms with van der Waals surface area (Å²) in [4.78, 5) is 36.6. The van der Waals surface area contributed by atoms with E-state index in [1.165, 1.54) is 24.3 Å². The quantitative estimate of drug-likeness (QED) is 0.356. The van der Waals surface area contributed by atoms with E-state index in [1.54, 1.807) is 17.8 Å². The summed E-state index contributed by atoms with van der Waals surface area (Å²) in [5, 5.41) is 16.1. The zero-order chi connectivity index (χ0) is 23.5. The summed E-state index contributed by atoms with van der Waals surface area (Å²) in [5.41, 5.74) is 6.24. The van der Waals surface area contributed by atoms with Gasteiger partial charge in [-0.2, -0.15) is 4.68 Å². The topological polar surface area (TPSA) is 147 Å². The third-order valence-electron chi connectivity index (χ3n) is 5.58. The first kappa shape index (κ1) is 22.5. The molecule has 0 spiro atoms. The second-order valence-electron chi connectivity index (χ2n) is 7.73. The maximum Gasteiger partial charge on any atom is 0.364 e. The molecule has 1 fully saturated rings. The number of aromatic amines is 1. The van der Waals surface area contributed by atoms with Gasteiger partial charge in [-0.3, -0.25) is 9.59 Å². The van der Waals surface area contributed by atoms with Crippen LogP contribution >= 0.6 is 11.8 Å². The number of anilines is 1. The number of hydrogen-bond acceptors (Lipinski definition) is 7. The Bertz CT molecular complexity index is 1240. The lowest BCUT2D eigenvalue weighted by Crippen LogP contribution is -2.32. The minimum Gasteiger partial charge on any atom is -0.366 e. The molecule has 2 aromatic carbocycles. The first-order valence-corrected chi connectivity index (χ1v) is 11.1. The molecule has 170 valence electrons. The third-order valence-corrected chi connectivity index (χ3v) is 6.69. The molecule has 1 heterocycles. The molecule has 0 aliphatic heterocycles. The lowest BCUT2D eigenvalue weighted by Gasteiger charge is -2.16. The zero-order valence-corrected chi connectivity index (χ0v) is 18.5. The van der Waals surface area contributed by atoms with Gasteiger partial charge in [0.2, 0.25) is 5.91 Å². The molecule has 0 radical (unpaired) electrons. The number of hydrogen-bond donors (Lipinski definition) is 3. The van der Waals surface area contributed by atoms with Crippen LogP contribution in [0.4, 0.5) is 15.8 Å². The SMILES string of the molecule is C[n+]1[nH]nnc1Sc1ccc(N=O)cc1C(=O)Nc1cc(C(N)=O)c(C2CCCC2)cc1F. The number of halogens is 1. The number of carbonyl (C=O) groups is 2. The van der Waals surface area contributed by atoms with Crippen molar-refractivity contribution in [3.63, 3.8) is 0 Å². The molecule has 10 nitrogen and oxygen atoms in total. The van der Waals surface area contributed by atoms with Crippen molar-refractivity contribution in [1.82, 2.24) is 15.5 Å². The fourth-order valence-corrected chi connectivity index (χ4v) is 4.79. The van der Waals surface area contributed by atoms with Gasteiger partial charge in [0, 0.05) is 10.5 Å². The average molecular weight is 471 g/mol. The number of nitrogens with zero attached hydrogens (tertiary/aromatic N) is 4. The number of nitrogens with two attached hydrogens (primary N) is 1. The highest BCUT2D eigenvalue weighted by molar-refractivity contribution is 7.99. The Hall–Kier alpha value is -3.67. The number of carbonyl (C=O) groups excluding carboxylic acids is 2. The number of amides is 2. The van der Waals surface area contributed by atoms with E-state index >= 15 is 0 Å². The summed E-state index contributed by atoms with van der Waals surface area (Å²) in [6.45, 7) is 0. The van der Waals surface area contributed by atoms with Crippen molar-refractivity contribution in [2.24, 2.45) is 18.0 Å². The number of H-pyrrole nitrogens is 1.